The Kier molecular flexibility index (Phi) is 16.2. The van der Waals surface area contributed by atoms with Crippen molar-refractivity contribution >= 4 is 10.8 Å². The zero-order valence-corrected chi connectivity index (χ0v) is 43.7. The zero-order chi connectivity index (χ0) is 51.0. The van der Waals surface area contributed by atoms with Crippen LogP contribution in [-0.2, 0) is 33.6 Å². The Labute approximate surface area is 400 Å². The highest BCUT2D eigenvalue weighted by atomic mass is 16.5. The van der Waals surface area contributed by atoms with Gasteiger partial charge in [0.1, 0.15) is 23.0 Å². The molecular formula is C59H78O8. The summed E-state index contributed by atoms with van der Waals surface area (Å²) in [6.07, 6.45) is 0. The summed E-state index contributed by atoms with van der Waals surface area (Å²) in [4.78, 5) is 0. The van der Waals surface area contributed by atoms with Gasteiger partial charge in [-0.3, -0.25) is 0 Å². The summed E-state index contributed by atoms with van der Waals surface area (Å²) in [7, 11) is 0. The third kappa shape index (κ3) is 14.2. The van der Waals surface area contributed by atoms with Crippen LogP contribution >= 0.6 is 0 Å². The van der Waals surface area contributed by atoms with Gasteiger partial charge in [0.15, 0.2) is 0 Å². The molecule has 0 spiro atoms. The van der Waals surface area contributed by atoms with Gasteiger partial charge in [0.25, 0.3) is 0 Å². The van der Waals surface area contributed by atoms with Gasteiger partial charge in [-0.15, -0.1) is 0 Å². The molecule has 362 valence electrons. The van der Waals surface area contributed by atoms with Crippen LogP contribution in [0.2, 0.25) is 0 Å². The predicted molar refractivity (Wildman–Crippen MR) is 274 cm³/mol. The van der Waals surface area contributed by atoms with Crippen LogP contribution in [0.5, 0.6) is 23.0 Å². The normalized spacial score (nSPS) is 12.6. The van der Waals surface area contributed by atoms with Crippen molar-refractivity contribution in [3.63, 3.8) is 0 Å². The van der Waals surface area contributed by atoms with Crippen molar-refractivity contribution in [2.45, 2.75) is 165 Å². The van der Waals surface area contributed by atoms with Crippen LogP contribution in [-0.4, -0.2) is 30.6 Å². The standard InChI is InChI=1S/C22H30O3.C21H28O3.C16H20O2/c1-13-9-15(3)19(17(11-13)21(5,6)23)25-20-16(4)10-14(2)12-18(20)22(7,8)24;1-13-8-9-18(16(11-13)20(4,5)22)24-19-15(3)10-14(2)12-17(19)21(6,7)23;1-15(2,17)13-7-5-12-10-14(16(3,4)18)8-6-11(12)9-13/h9-12,23-24H,1-8H3;8-12,22-23H,1-7H3;5-10,17-18H,1-4H3. The number of rotatable bonds is 10. The lowest BCUT2D eigenvalue weighted by atomic mass is 9.91. The lowest BCUT2D eigenvalue weighted by Gasteiger charge is -2.28. The largest absolute Gasteiger partial charge is 0.456 e. The van der Waals surface area contributed by atoms with Crippen molar-refractivity contribution in [1.29, 1.82) is 0 Å². The maximum Gasteiger partial charge on any atom is 0.136 e. The minimum Gasteiger partial charge on any atom is -0.456 e. The van der Waals surface area contributed by atoms with E-state index in [0.717, 1.165) is 83.1 Å². The summed E-state index contributed by atoms with van der Waals surface area (Å²) in [5, 5.41) is 64.4. The summed E-state index contributed by atoms with van der Waals surface area (Å²) in [6, 6.07) is 29.5. The second kappa shape index (κ2) is 19.9. The fraction of sp³-hybridized carbons (Fsp3) is 0.424. The smallest absolute Gasteiger partial charge is 0.136 e. The molecule has 6 N–H and O–H groups in total. The fourth-order valence-corrected chi connectivity index (χ4v) is 8.06. The molecule has 67 heavy (non-hydrogen) atoms. The Balaban J connectivity index is 0.000000222. The summed E-state index contributed by atoms with van der Waals surface area (Å²) in [6.45, 7) is 35.0. The van der Waals surface area contributed by atoms with E-state index in [1.54, 1.807) is 83.1 Å². The van der Waals surface area contributed by atoms with E-state index in [1.807, 2.05) is 139 Å². The summed E-state index contributed by atoms with van der Waals surface area (Å²) in [5.74, 6) is 2.54. The Morgan fingerprint density at radius 3 is 0.896 bits per heavy atom. The molecule has 0 fully saturated rings. The second-order valence-electron chi connectivity index (χ2n) is 21.7. The summed E-state index contributed by atoms with van der Waals surface area (Å²) in [5.41, 5.74) is 6.13. The molecule has 0 saturated heterocycles. The molecule has 8 heteroatoms. The van der Waals surface area contributed by atoms with Crippen molar-refractivity contribution in [2.75, 3.05) is 0 Å². The first kappa shape index (κ1) is 54.5. The number of fused-ring (bicyclic) bond motifs is 1. The minimum atomic E-state index is -1.03. The number of aryl methyl sites for hydroxylation is 7. The molecule has 8 nitrogen and oxygen atoms in total. The van der Waals surface area contributed by atoms with Gasteiger partial charge in [0, 0.05) is 22.3 Å². The fourth-order valence-electron chi connectivity index (χ4n) is 8.06. The van der Waals surface area contributed by atoms with E-state index in [-0.39, 0.29) is 0 Å². The molecule has 0 aliphatic carbocycles. The lowest BCUT2D eigenvalue weighted by Crippen LogP contribution is -2.20. The SMILES string of the molecule is CC(C)(O)c1ccc2cc(C(C)(C)O)ccc2c1.Cc1cc(C)c(Oc2c(C)cc(C)cc2C(C)(C)O)c(C(C)(C)O)c1.Cc1ccc(Oc2c(C)cc(C)cc2C(C)(C)O)c(C(C)(C)O)c1. The van der Waals surface area contributed by atoms with Gasteiger partial charge in [0.2, 0.25) is 0 Å². The third-order valence-corrected chi connectivity index (χ3v) is 11.7. The molecule has 0 aliphatic heterocycles. The first-order chi connectivity index (χ1) is 30.4. The molecule has 0 atom stereocenters. The summed E-state index contributed by atoms with van der Waals surface area (Å²) >= 11 is 0. The number of aliphatic hydroxyl groups is 6. The Hall–Kier alpha value is -5.06. The molecule has 0 aromatic heterocycles. The van der Waals surface area contributed by atoms with Crippen LogP contribution in [0.3, 0.4) is 0 Å². The molecule has 0 radical (unpaired) electrons. The quantitative estimate of drug-likeness (QED) is 0.0798. The van der Waals surface area contributed by atoms with Crippen molar-refractivity contribution in [2.24, 2.45) is 0 Å². The topological polar surface area (TPSA) is 140 Å². The van der Waals surface area contributed by atoms with Crippen LogP contribution < -0.4 is 9.47 Å². The van der Waals surface area contributed by atoms with E-state index in [0.29, 0.717) is 23.0 Å². The van der Waals surface area contributed by atoms with Gasteiger partial charge < -0.3 is 40.1 Å². The average molecular weight is 915 g/mol. The molecule has 0 amide bonds. The minimum absolute atomic E-state index is 0.602. The van der Waals surface area contributed by atoms with E-state index >= 15 is 0 Å². The van der Waals surface area contributed by atoms with E-state index in [2.05, 4.69) is 0 Å². The molecule has 0 saturated carbocycles. The maximum absolute atomic E-state index is 10.6. The Bertz CT molecular complexity index is 2580. The van der Waals surface area contributed by atoms with Gasteiger partial charge in [-0.05, 0) is 213 Å². The zero-order valence-electron chi connectivity index (χ0n) is 43.7. The van der Waals surface area contributed by atoms with Crippen LogP contribution in [0, 0.1) is 48.5 Å². The first-order valence-corrected chi connectivity index (χ1v) is 23.1. The Morgan fingerprint density at radius 1 is 0.299 bits per heavy atom. The molecule has 6 aromatic rings. The molecule has 0 aliphatic rings. The molecule has 6 rings (SSSR count). The Morgan fingerprint density at radius 2 is 0.597 bits per heavy atom. The highest BCUT2D eigenvalue weighted by molar-refractivity contribution is 5.84. The monoisotopic (exact) mass is 915 g/mol. The number of benzene rings is 6. The predicted octanol–water partition coefficient (Wildman–Crippen LogP) is 13.3. The highest BCUT2D eigenvalue weighted by Crippen LogP contribution is 2.43. The van der Waals surface area contributed by atoms with Crippen LogP contribution in [0.1, 0.15) is 155 Å². The van der Waals surface area contributed by atoms with E-state index in [4.69, 9.17) is 9.47 Å². The van der Waals surface area contributed by atoms with Gasteiger partial charge in [-0.1, -0.05) is 70.8 Å². The van der Waals surface area contributed by atoms with Gasteiger partial charge in [-0.2, -0.15) is 0 Å². The molecule has 0 heterocycles. The average Bonchev–Trinajstić information content (AvgIpc) is 3.15. The first-order valence-electron chi connectivity index (χ1n) is 23.1. The van der Waals surface area contributed by atoms with Crippen LogP contribution in [0.15, 0.2) is 91.0 Å². The highest BCUT2D eigenvalue weighted by Gasteiger charge is 2.29. The molecule has 0 bridgehead atoms. The third-order valence-electron chi connectivity index (χ3n) is 11.7. The second-order valence-corrected chi connectivity index (χ2v) is 21.7. The lowest BCUT2D eigenvalue weighted by molar-refractivity contribution is 0.0720. The van der Waals surface area contributed by atoms with Crippen molar-refractivity contribution in [1.82, 2.24) is 0 Å². The van der Waals surface area contributed by atoms with E-state index in [1.165, 1.54) is 0 Å². The molecular weight excluding hydrogens is 837 g/mol. The van der Waals surface area contributed by atoms with Crippen molar-refractivity contribution < 1.29 is 40.1 Å². The number of hydrogen-bond donors (Lipinski definition) is 6. The van der Waals surface area contributed by atoms with Gasteiger partial charge in [-0.25, -0.2) is 0 Å². The molecule has 0 unspecified atom stereocenters. The van der Waals surface area contributed by atoms with Crippen molar-refractivity contribution in [3.8, 4) is 23.0 Å². The van der Waals surface area contributed by atoms with Gasteiger partial charge in [0.05, 0.1) is 33.6 Å². The number of ether oxygens (including phenoxy) is 2. The van der Waals surface area contributed by atoms with Crippen LogP contribution in [0.4, 0.5) is 0 Å². The van der Waals surface area contributed by atoms with Crippen LogP contribution in [0.25, 0.3) is 10.8 Å². The van der Waals surface area contributed by atoms with Gasteiger partial charge >= 0.3 is 0 Å². The molecule has 6 aromatic carbocycles. The van der Waals surface area contributed by atoms with E-state index < -0.39 is 33.6 Å². The van der Waals surface area contributed by atoms with Crippen molar-refractivity contribution in [3.05, 3.63) is 163 Å². The number of hydrogen-bond acceptors (Lipinski definition) is 8. The summed E-state index contributed by atoms with van der Waals surface area (Å²) < 4.78 is 12.6. The van der Waals surface area contributed by atoms with E-state index in [9.17, 15) is 30.6 Å². The maximum atomic E-state index is 10.6.